The Balaban J connectivity index is 1.34. The van der Waals surface area contributed by atoms with Gasteiger partial charge in [0.25, 0.3) is 5.91 Å². The first-order valence-corrected chi connectivity index (χ1v) is 12.2. The van der Waals surface area contributed by atoms with Gasteiger partial charge < -0.3 is 19.9 Å². The molecule has 2 N–H and O–H groups in total. The van der Waals surface area contributed by atoms with Crippen LogP contribution in [0.15, 0.2) is 47.1 Å². The van der Waals surface area contributed by atoms with E-state index in [1.807, 2.05) is 25.1 Å². The van der Waals surface area contributed by atoms with Gasteiger partial charge in [0.2, 0.25) is 0 Å². The van der Waals surface area contributed by atoms with E-state index in [4.69, 9.17) is 9.26 Å². The molecule has 5 rings (SSSR count). The number of ketones is 1. The van der Waals surface area contributed by atoms with Gasteiger partial charge in [0.05, 0.1) is 35.0 Å². The third-order valence-electron chi connectivity index (χ3n) is 6.96. The molecule has 1 fully saturated rings. The van der Waals surface area contributed by atoms with Crippen molar-refractivity contribution in [1.29, 1.82) is 0 Å². The number of carbonyl (C=O) groups excluding carboxylic acids is 2. The van der Waals surface area contributed by atoms with Gasteiger partial charge in [-0.25, -0.2) is 0 Å². The number of piperidine rings is 1. The van der Waals surface area contributed by atoms with Crippen molar-refractivity contribution < 1.29 is 18.8 Å². The highest BCUT2D eigenvalue weighted by atomic mass is 16.5. The SMILES string of the molecule is CCC[C@H]1C(=O)c2cc(-c3ccc(C(=O)NCc4cc(C)no4)cn3)ccc2OC12CCNCC2. The van der Waals surface area contributed by atoms with Gasteiger partial charge in [-0.1, -0.05) is 18.5 Å². The Morgan fingerprint density at radius 1 is 1.20 bits per heavy atom. The summed E-state index contributed by atoms with van der Waals surface area (Å²) >= 11 is 0. The zero-order chi connectivity index (χ0) is 24.4. The zero-order valence-electron chi connectivity index (χ0n) is 20.1. The summed E-state index contributed by atoms with van der Waals surface area (Å²) < 4.78 is 11.7. The van der Waals surface area contributed by atoms with E-state index in [1.165, 1.54) is 6.20 Å². The molecule has 0 saturated carbocycles. The predicted octanol–water partition coefficient (Wildman–Crippen LogP) is 4.09. The lowest BCUT2D eigenvalue weighted by atomic mass is 9.72. The largest absolute Gasteiger partial charge is 0.486 e. The van der Waals surface area contributed by atoms with E-state index in [0.29, 0.717) is 28.3 Å². The summed E-state index contributed by atoms with van der Waals surface area (Å²) in [5.41, 5.74) is 2.93. The third-order valence-corrected chi connectivity index (χ3v) is 6.96. The van der Waals surface area contributed by atoms with E-state index in [2.05, 4.69) is 27.7 Å². The molecule has 2 aliphatic heterocycles. The number of hydrogen-bond donors (Lipinski definition) is 2. The van der Waals surface area contributed by atoms with Gasteiger partial charge in [-0.05, 0) is 56.8 Å². The van der Waals surface area contributed by atoms with E-state index in [0.717, 1.165) is 50.0 Å². The second kappa shape index (κ2) is 9.62. The van der Waals surface area contributed by atoms with Crippen molar-refractivity contribution in [3.8, 4) is 17.0 Å². The van der Waals surface area contributed by atoms with Crippen LogP contribution in [0.3, 0.4) is 0 Å². The van der Waals surface area contributed by atoms with Crippen molar-refractivity contribution in [2.45, 2.75) is 51.7 Å². The number of Topliss-reactive ketones (excluding diaryl/α,β-unsaturated/α-hetero) is 1. The van der Waals surface area contributed by atoms with Gasteiger partial charge in [0.1, 0.15) is 11.4 Å². The number of pyridine rings is 1. The van der Waals surface area contributed by atoms with E-state index in [1.54, 1.807) is 18.2 Å². The molecule has 3 aromatic rings. The Kier molecular flexibility index (Phi) is 6.38. The smallest absolute Gasteiger partial charge is 0.253 e. The molecule has 1 saturated heterocycles. The molecule has 1 atom stereocenters. The van der Waals surface area contributed by atoms with Crippen molar-refractivity contribution in [2.24, 2.45) is 5.92 Å². The Labute approximate surface area is 204 Å². The Morgan fingerprint density at radius 3 is 2.71 bits per heavy atom. The first-order valence-electron chi connectivity index (χ1n) is 12.2. The summed E-state index contributed by atoms with van der Waals surface area (Å²) in [7, 11) is 0. The van der Waals surface area contributed by atoms with Crippen molar-refractivity contribution in [3.63, 3.8) is 0 Å². The fourth-order valence-electron chi connectivity index (χ4n) is 5.14. The number of nitrogens with one attached hydrogen (secondary N) is 2. The lowest BCUT2D eigenvalue weighted by Gasteiger charge is -2.46. The molecule has 0 aliphatic carbocycles. The third kappa shape index (κ3) is 4.58. The molecule has 0 unspecified atom stereocenters. The van der Waals surface area contributed by atoms with E-state index >= 15 is 0 Å². The van der Waals surface area contributed by atoms with Crippen molar-refractivity contribution in [2.75, 3.05) is 13.1 Å². The molecule has 4 heterocycles. The van der Waals surface area contributed by atoms with E-state index < -0.39 is 5.60 Å². The van der Waals surface area contributed by atoms with Crippen LogP contribution in [-0.2, 0) is 6.54 Å². The van der Waals surface area contributed by atoms with Crippen LogP contribution < -0.4 is 15.4 Å². The maximum absolute atomic E-state index is 13.6. The molecule has 0 radical (unpaired) electrons. The quantitative estimate of drug-likeness (QED) is 0.554. The maximum Gasteiger partial charge on any atom is 0.253 e. The predicted molar refractivity (Wildman–Crippen MR) is 130 cm³/mol. The van der Waals surface area contributed by atoms with Gasteiger partial charge in [0, 0.05) is 30.7 Å². The molecular weight excluding hydrogens is 444 g/mol. The Bertz CT molecular complexity index is 1230. The monoisotopic (exact) mass is 474 g/mol. The molecule has 8 heteroatoms. The van der Waals surface area contributed by atoms with Crippen molar-refractivity contribution in [3.05, 3.63) is 65.2 Å². The van der Waals surface area contributed by atoms with E-state index in [-0.39, 0.29) is 24.2 Å². The Morgan fingerprint density at radius 2 is 2.03 bits per heavy atom. The van der Waals surface area contributed by atoms with Crippen LogP contribution in [-0.4, -0.2) is 40.5 Å². The average molecular weight is 475 g/mol. The summed E-state index contributed by atoms with van der Waals surface area (Å²) in [6, 6.07) is 11.0. The van der Waals surface area contributed by atoms with Gasteiger partial charge in [-0.2, -0.15) is 0 Å². The molecule has 2 aliphatic rings. The molecule has 2 aromatic heterocycles. The minimum absolute atomic E-state index is 0.135. The molecule has 182 valence electrons. The number of hydrogen-bond acceptors (Lipinski definition) is 7. The van der Waals surface area contributed by atoms with Crippen molar-refractivity contribution in [1.82, 2.24) is 20.8 Å². The molecule has 1 spiro atoms. The number of ether oxygens (including phenoxy) is 1. The lowest BCUT2D eigenvalue weighted by molar-refractivity contribution is -0.0236. The fraction of sp³-hybridized carbons (Fsp3) is 0.407. The van der Waals surface area contributed by atoms with Crippen LogP contribution in [0, 0.1) is 12.8 Å². The standard InChI is InChI=1S/C27H30N4O4/c1-3-4-22-25(32)21-14-18(6-8-24(21)34-27(22)9-11-28-12-10-27)23-7-5-19(15-29-23)26(33)30-16-20-13-17(2)31-35-20/h5-8,13-15,22,28H,3-4,9-12,16H2,1-2H3,(H,30,33)/t22-/m0/s1. The summed E-state index contributed by atoms with van der Waals surface area (Å²) in [6.07, 6.45) is 4.97. The second-order valence-electron chi connectivity index (χ2n) is 9.38. The van der Waals surface area contributed by atoms with Crippen LogP contribution in [0.1, 0.15) is 64.8 Å². The number of rotatable bonds is 6. The molecule has 8 nitrogen and oxygen atoms in total. The average Bonchev–Trinajstić information content (AvgIpc) is 3.30. The van der Waals surface area contributed by atoms with Crippen LogP contribution in [0.25, 0.3) is 11.3 Å². The molecule has 0 bridgehead atoms. The van der Waals surface area contributed by atoms with Gasteiger partial charge in [-0.3, -0.25) is 14.6 Å². The molecule has 1 amide bonds. The van der Waals surface area contributed by atoms with Gasteiger partial charge in [-0.15, -0.1) is 0 Å². The molecule has 1 aromatic carbocycles. The highest BCUT2D eigenvalue weighted by Gasteiger charge is 2.49. The fourth-order valence-corrected chi connectivity index (χ4v) is 5.14. The summed E-state index contributed by atoms with van der Waals surface area (Å²) in [6.45, 7) is 5.92. The lowest BCUT2D eigenvalue weighted by Crippen LogP contribution is -2.56. The zero-order valence-corrected chi connectivity index (χ0v) is 20.1. The second-order valence-corrected chi connectivity index (χ2v) is 9.38. The van der Waals surface area contributed by atoms with Crippen molar-refractivity contribution >= 4 is 11.7 Å². The van der Waals surface area contributed by atoms with Crippen LogP contribution in [0.4, 0.5) is 0 Å². The maximum atomic E-state index is 13.6. The minimum Gasteiger partial charge on any atom is -0.486 e. The van der Waals surface area contributed by atoms with Gasteiger partial charge >= 0.3 is 0 Å². The minimum atomic E-state index is -0.412. The topological polar surface area (TPSA) is 106 Å². The number of carbonyl (C=O) groups is 2. The molecule has 35 heavy (non-hydrogen) atoms. The normalized spacial score (nSPS) is 18.7. The number of nitrogens with zero attached hydrogens (tertiary/aromatic N) is 2. The summed E-state index contributed by atoms with van der Waals surface area (Å²) in [5.74, 6) is 1.03. The van der Waals surface area contributed by atoms with Crippen LogP contribution >= 0.6 is 0 Å². The number of fused-ring (bicyclic) bond motifs is 1. The van der Waals surface area contributed by atoms with Crippen LogP contribution in [0.5, 0.6) is 5.75 Å². The summed E-state index contributed by atoms with van der Waals surface area (Å²) in [5, 5.41) is 10.00. The van der Waals surface area contributed by atoms with Gasteiger partial charge in [0.15, 0.2) is 11.5 Å². The Hall–Kier alpha value is -3.52. The number of aromatic nitrogens is 2. The van der Waals surface area contributed by atoms with Crippen LogP contribution in [0.2, 0.25) is 0 Å². The number of amides is 1. The number of benzene rings is 1. The molecular formula is C27H30N4O4. The number of aryl methyl sites for hydroxylation is 1. The first kappa shape index (κ1) is 23.2. The summed E-state index contributed by atoms with van der Waals surface area (Å²) in [4.78, 5) is 30.6. The highest BCUT2D eigenvalue weighted by molar-refractivity contribution is 6.03. The van der Waals surface area contributed by atoms with E-state index in [9.17, 15) is 9.59 Å². The first-order chi connectivity index (χ1) is 17.0. The highest BCUT2D eigenvalue weighted by Crippen LogP contribution is 2.44.